The smallest absolute Gasteiger partial charge is 0.136 e. The van der Waals surface area contributed by atoms with Gasteiger partial charge >= 0.3 is 0 Å². The third-order valence-corrected chi connectivity index (χ3v) is 2.62. The van der Waals surface area contributed by atoms with Crippen LogP contribution in [0.4, 0.5) is 0 Å². The number of rotatable bonds is 1. The molecule has 0 amide bonds. The van der Waals surface area contributed by atoms with Crippen molar-refractivity contribution in [2.24, 2.45) is 11.8 Å². The largest absolute Gasteiger partial charge is 0.299 e. The SMILES string of the molecule is CC[C@H]1C(=O)CCC[C@@H]1C. The van der Waals surface area contributed by atoms with Gasteiger partial charge in [0.05, 0.1) is 0 Å². The summed E-state index contributed by atoms with van der Waals surface area (Å²) in [6, 6.07) is 0. The lowest BCUT2D eigenvalue weighted by Gasteiger charge is -2.25. The van der Waals surface area contributed by atoms with Crippen molar-refractivity contribution in [2.45, 2.75) is 39.5 Å². The molecule has 0 N–H and O–H groups in total. The summed E-state index contributed by atoms with van der Waals surface area (Å²) in [5.74, 6) is 1.53. The summed E-state index contributed by atoms with van der Waals surface area (Å²) in [4.78, 5) is 11.2. The molecule has 0 radical (unpaired) electrons. The van der Waals surface area contributed by atoms with Gasteiger partial charge in [-0.1, -0.05) is 13.8 Å². The maximum Gasteiger partial charge on any atom is 0.136 e. The molecule has 0 aliphatic heterocycles. The first kappa shape index (κ1) is 7.77. The van der Waals surface area contributed by atoms with Gasteiger partial charge in [0.1, 0.15) is 5.78 Å². The van der Waals surface area contributed by atoms with Gasteiger partial charge in [-0.2, -0.15) is 0 Å². The van der Waals surface area contributed by atoms with Gasteiger partial charge in [0.15, 0.2) is 0 Å². The molecule has 1 fully saturated rings. The van der Waals surface area contributed by atoms with E-state index in [-0.39, 0.29) is 0 Å². The van der Waals surface area contributed by atoms with E-state index in [9.17, 15) is 4.79 Å². The van der Waals surface area contributed by atoms with Crippen LogP contribution in [0.25, 0.3) is 0 Å². The molecule has 0 aromatic heterocycles. The Bertz CT molecular complexity index is 129. The van der Waals surface area contributed by atoms with E-state index in [1.807, 2.05) is 0 Å². The Morgan fingerprint density at radius 1 is 1.60 bits per heavy atom. The van der Waals surface area contributed by atoms with E-state index >= 15 is 0 Å². The Labute approximate surface area is 62.8 Å². The Morgan fingerprint density at radius 2 is 2.30 bits per heavy atom. The van der Waals surface area contributed by atoms with Crippen LogP contribution in [0.2, 0.25) is 0 Å². The summed E-state index contributed by atoms with van der Waals surface area (Å²) < 4.78 is 0. The van der Waals surface area contributed by atoms with Crippen molar-refractivity contribution in [1.29, 1.82) is 0 Å². The third-order valence-electron chi connectivity index (χ3n) is 2.62. The molecule has 1 heteroatoms. The van der Waals surface area contributed by atoms with Crippen LogP contribution < -0.4 is 0 Å². The number of hydrogen-bond donors (Lipinski definition) is 0. The van der Waals surface area contributed by atoms with Gasteiger partial charge in [-0.25, -0.2) is 0 Å². The number of carbonyl (C=O) groups excluding carboxylic acids is 1. The van der Waals surface area contributed by atoms with Gasteiger partial charge in [0, 0.05) is 12.3 Å². The van der Waals surface area contributed by atoms with Crippen LogP contribution in [-0.2, 0) is 4.79 Å². The topological polar surface area (TPSA) is 17.1 Å². The highest BCUT2D eigenvalue weighted by Gasteiger charge is 2.26. The van der Waals surface area contributed by atoms with Gasteiger partial charge in [-0.15, -0.1) is 0 Å². The highest BCUT2D eigenvalue weighted by Crippen LogP contribution is 2.28. The van der Waals surface area contributed by atoms with E-state index in [2.05, 4.69) is 13.8 Å². The molecule has 0 heterocycles. The molecule has 1 nitrogen and oxygen atoms in total. The lowest BCUT2D eigenvalue weighted by Crippen LogP contribution is -2.25. The molecule has 1 aliphatic carbocycles. The van der Waals surface area contributed by atoms with Gasteiger partial charge < -0.3 is 0 Å². The zero-order chi connectivity index (χ0) is 7.56. The summed E-state index contributed by atoms with van der Waals surface area (Å²) in [6.07, 6.45) is 4.25. The van der Waals surface area contributed by atoms with Crippen molar-refractivity contribution < 1.29 is 4.79 Å². The predicted molar refractivity (Wildman–Crippen MR) is 41.8 cm³/mol. The van der Waals surface area contributed by atoms with Gasteiger partial charge in [-0.05, 0) is 25.2 Å². The van der Waals surface area contributed by atoms with Crippen LogP contribution in [-0.4, -0.2) is 5.78 Å². The molecule has 58 valence electrons. The predicted octanol–water partition coefficient (Wildman–Crippen LogP) is 2.40. The second-order valence-corrected chi connectivity index (χ2v) is 3.35. The molecule has 2 atom stereocenters. The normalized spacial score (nSPS) is 34.4. The molecule has 0 spiro atoms. The van der Waals surface area contributed by atoms with Gasteiger partial charge in [0.25, 0.3) is 0 Å². The van der Waals surface area contributed by atoms with E-state index in [1.165, 1.54) is 6.42 Å². The van der Waals surface area contributed by atoms with E-state index in [0.717, 1.165) is 19.3 Å². The molecule has 0 aromatic carbocycles. The molecule has 0 saturated heterocycles. The number of ketones is 1. The van der Waals surface area contributed by atoms with Crippen LogP contribution in [0, 0.1) is 11.8 Å². The maximum absolute atomic E-state index is 11.2. The second-order valence-electron chi connectivity index (χ2n) is 3.35. The van der Waals surface area contributed by atoms with Crippen LogP contribution in [0.1, 0.15) is 39.5 Å². The van der Waals surface area contributed by atoms with Crippen LogP contribution in [0.3, 0.4) is 0 Å². The zero-order valence-electron chi connectivity index (χ0n) is 6.89. The van der Waals surface area contributed by atoms with Crippen LogP contribution >= 0.6 is 0 Å². The van der Waals surface area contributed by atoms with Crippen molar-refractivity contribution in [3.05, 3.63) is 0 Å². The standard InChI is InChI=1S/C9H16O/c1-3-8-7(2)5-4-6-9(8)10/h7-8H,3-6H2,1-2H3/t7-,8+/m0/s1. The summed E-state index contributed by atoms with van der Waals surface area (Å²) >= 11 is 0. The molecular weight excluding hydrogens is 124 g/mol. The van der Waals surface area contributed by atoms with E-state index in [1.54, 1.807) is 0 Å². The summed E-state index contributed by atoms with van der Waals surface area (Å²) in [5.41, 5.74) is 0. The number of carbonyl (C=O) groups is 1. The highest BCUT2D eigenvalue weighted by atomic mass is 16.1. The molecule has 1 aliphatic rings. The first-order valence-corrected chi connectivity index (χ1v) is 4.28. The monoisotopic (exact) mass is 140 g/mol. The van der Waals surface area contributed by atoms with Crippen molar-refractivity contribution in [1.82, 2.24) is 0 Å². The quantitative estimate of drug-likeness (QED) is 0.546. The average Bonchev–Trinajstić information content (AvgIpc) is 1.88. The maximum atomic E-state index is 11.2. The minimum atomic E-state index is 0.383. The van der Waals surface area contributed by atoms with Crippen molar-refractivity contribution >= 4 is 5.78 Å². The lowest BCUT2D eigenvalue weighted by atomic mass is 9.78. The van der Waals surface area contributed by atoms with E-state index in [0.29, 0.717) is 17.6 Å². The molecule has 10 heavy (non-hydrogen) atoms. The Morgan fingerprint density at radius 3 is 2.70 bits per heavy atom. The first-order chi connectivity index (χ1) is 4.75. The van der Waals surface area contributed by atoms with Crippen LogP contribution in [0.5, 0.6) is 0 Å². The van der Waals surface area contributed by atoms with E-state index < -0.39 is 0 Å². The van der Waals surface area contributed by atoms with E-state index in [4.69, 9.17) is 0 Å². The highest BCUT2D eigenvalue weighted by molar-refractivity contribution is 5.81. The second kappa shape index (κ2) is 3.18. The molecule has 0 unspecified atom stereocenters. The fourth-order valence-corrected chi connectivity index (χ4v) is 1.93. The van der Waals surface area contributed by atoms with Crippen molar-refractivity contribution in [3.63, 3.8) is 0 Å². The fourth-order valence-electron chi connectivity index (χ4n) is 1.93. The first-order valence-electron chi connectivity index (χ1n) is 4.28. The fraction of sp³-hybridized carbons (Fsp3) is 0.889. The van der Waals surface area contributed by atoms with Crippen LogP contribution in [0.15, 0.2) is 0 Å². The average molecular weight is 140 g/mol. The van der Waals surface area contributed by atoms with Gasteiger partial charge in [0.2, 0.25) is 0 Å². The third kappa shape index (κ3) is 1.39. The number of Topliss-reactive ketones (excluding diaryl/α,β-unsaturated/α-hetero) is 1. The Balaban J connectivity index is 2.53. The minimum Gasteiger partial charge on any atom is -0.299 e. The Kier molecular flexibility index (Phi) is 2.47. The van der Waals surface area contributed by atoms with Crippen molar-refractivity contribution in [2.75, 3.05) is 0 Å². The molecular formula is C9H16O. The lowest BCUT2D eigenvalue weighted by molar-refractivity contribution is -0.126. The molecule has 1 rings (SSSR count). The van der Waals surface area contributed by atoms with Gasteiger partial charge in [-0.3, -0.25) is 4.79 Å². The zero-order valence-corrected chi connectivity index (χ0v) is 6.89. The molecule has 1 saturated carbocycles. The summed E-state index contributed by atoms with van der Waals surface area (Å²) in [6.45, 7) is 4.32. The minimum absolute atomic E-state index is 0.383. The molecule has 0 aromatic rings. The number of hydrogen-bond acceptors (Lipinski definition) is 1. The molecule has 0 bridgehead atoms. The Hall–Kier alpha value is -0.330. The van der Waals surface area contributed by atoms with Crippen molar-refractivity contribution in [3.8, 4) is 0 Å². The summed E-state index contributed by atoms with van der Waals surface area (Å²) in [5, 5.41) is 0. The summed E-state index contributed by atoms with van der Waals surface area (Å²) in [7, 11) is 0.